The van der Waals surface area contributed by atoms with Gasteiger partial charge in [0.15, 0.2) is 5.17 Å². The Bertz CT molecular complexity index is 562. The number of thiocarbonyl (C=S) groups is 1. The normalized spacial score (nSPS) is 16.9. The average molecular weight is 307 g/mol. The van der Waals surface area contributed by atoms with Gasteiger partial charge in [0.05, 0.1) is 0 Å². The van der Waals surface area contributed by atoms with Crippen LogP contribution in [0.5, 0.6) is 0 Å². The van der Waals surface area contributed by atoms with Crippen LogP contribution in [0, 0.1) is 6.92 Å². The van der Waals surface area contributed by atoms with Crippen molar-refractivity contribution in [1.82, 2.24) is 5.32 Å². The maximum absolute atomic E-state index is 5.30. The second-order valence-corrected chi connectivity index (χ2v) is 7.12. The molecule has 0 atom stereocenters. The molecule has 1 aromatic carbocycles. The summed E-state index contributed by atoms with van der Waals surface area (Å²) in [6.45, 7) is 6.19. The van der Waals surface area contributed by atoms with Crippen LogP contribution in [-0.2, 0) is 5.75 Å². The van der Waals surface area contributed by atoms with Gasteiger partial charge >= 0.3 is 0 Å². The first-order valence-corrected chi connectivity index (χ1v) is 8.00. The smallest absolute Gasteiger partial charge is 0.162 e. The molecule has 1 heterocycles. The maximum Gasteiger partial charge on any atom is 0.162 e. The number of amidine groups is 1. The van der Waals surface area contributed by atoms with Gasteiger partial charge in [-0.1, -0.05) is 41.7 Å². The minimum absolute atomic E-state index is 0.269. The number of hydrogen-bond donors (Lipinski definition) is 1. The minimum atomic E-state index is -0.269. The SMILES string of the molecule is Cc1ccc(N(C)C)c(CSC2=NC(C)(C)C(=S)N2)c1. The van der Waals surface area contributed by atoms with Crippen molar-refractivity contribution < 1.29 is 0 Å². The molecule has 3 nitrogen and oxygen atoms in total. The summed E-state index contributed by atoms with van der Waals surface area (Å²) in [6.07, 6.45) is 0. The van der Waals surface area contributed by atoms with E-state index in [0.717, 1.165) is 15.9 Å². The lowest BCUT2D eigenvalue weighted by molar-refractivity contribution is 0.723. The molecule has 20 heavy (non-hydrogen) atoms. The lowest BCUT2D eigenvalue weighted by Crippen LogP contribution is -2.32. The van der Waals surface area contributed by atoms with E-state index in [4.69, 9.17) is 12.2 Å². The number of benzene rings is 1. The molecule has 0 bridgehead atoms. The molecule has 0 saturated carbocycles. The first-order valence-electron chi connectivity index (χ1n) is 6.60. The Hall–Kier alpha value is -1.07. The van der Waals surface area contributed by atoms with Crippen LogP contribution in [0.1, 0.15) is 25.0 Å². The Morgan fingerprint density at radius 1 is 1.35 bits per heavy atom. The highest BCUT2D eigenvalue weighted by Crippen LogP contribution is 2.27. The highest BCUT2D eigenvalue weighted by atomic mass is 32.2. The van der Waals surface area contributed by atoms with Gasteiger partial charge in [0.25, 0.3) is 0 Å². The van der Waals surface area contributed by atoms with Crippen LogP contribution in [0.4, 0.5) is 5.69 Å². The Morgan fingerprint density at radius 3 is 2.60 bits per heavy atom. The van der Waals surface area contributed by atoms with E-state index in [1.54, 1.807) is 11.8 Å². The Kier molecular flexibility index (Phi) is 4.39. The molecule has 0 aromatic heterocycles. The molecule has 1 aliphatic heterocycles. The zero-order valence-electron chi connectivity index (χ0n) is 12.7. The van der Waals surface area contributed by atoms with Gasteiger partial charge in [0, 0.05) is 25.5 Å². The van der Waals surface area contributed by atoms with E-state index >= 15 is 0 Å². The van der Waals surface area contributed by atoms with E-state index in [-0.39, 0.29) is 5.54 Å². The number of nitrogens with zero attached hydrogens (tertiary/aromatic N) is 2. The Labute approximate surface area is 130 Å². The van der Waals surface area contributed by atoms with Gasteiger partial charge in [0.2, 0.25) is 0 Å². The number of thioether (sulfide) groups is 1. The highest BCUT2D eigenvalue weighted by molar-refractivity contribution is 8.13. The molecule has 0 radical (unpaired) electrons. The lowest BCUT2D eigenvalue weighted by Gasteiger charge is -2.18. The number of rotatable bonds is 3. The van der Waals surface area contributed by atoms with Crippen LogP contribution in [0.15, 0.2) is 23.2 Å². The third kappa shape index (κ3) is 3.33. The van der Waals surface area contributed by atoms with E-state index in [1.807, 2.05) is 13.8 Å². The average Bonchev–Trinajstić information content (AvgIpc) is 2.60. The zero-order chi connectivity index (χ0) is 14.9. The van der Waals surface area contributed by atoms with Crippen LogP contribution in [0.25, 0.3) is 0 Å². The molecular formula is C15H21N3S2. The van der Waals surface area contributed by atoms with E-state index in [0.29, 0.717) is 0 Å². The van der Waals surface area contributed by atoms with E-state index in [1.165, 1.54) is 16.8 Å². The molecule has 0 aliphatic carbocycles. The largest absolute Gasteiger partial charge is 0.377 e. The van der Waals surface area contributed by atoms with Gasteiger partial charge in [-0.2, -0.15) is 0 Å². The van der Waals surface area contributed by atoms with E-state index in [9.17, 15) is 0 Å². The molecule has 0 saturated heterocycles. The molecule has 5 heteroatoms. The fraction of sp³-hybridized carbons (Fsp3) is 0.467. The Morgan fingerprint density at radius 2 is 2.05 bits per heavy atom. The molecule has 108 valence electrons. The minimum Gasteiger partial charge on any atom is -0.377 e. The molecule has 0 amide bonds. The monoisotopic (exact) mass is 307 g/mol. The molecule has 1 aliphatic rings. The summed E-state index contributed by atoms with van der Waals surface area (Å²) in [4.78, 5) is 7.58. The van der Waals surface area contributed by atoms with Crippen molar-refractivity contribution in [3.63, 3.8) is 0 Å². The molecule has 0 unspecified atom stereocenters. The van der Waals surface area contributed by atoms with Gasteiger partial charge in [-0.15, -0.1) is 0 Å². The van der Waals surface area contributed by atoms with Gasteiger partial charge in [-0.05, 0) is 32.4 Å². The summed E-state index contributed by atoms with van der Waals surface area (Å²) in [7, 11) is 4.14. The fourth-order valence-corrected chi connectivity index (χ4v) is 3.26. The van der Waals surface area contributed by atoms with Crippen LogP contribution in [0.3, 0.4) is 0 Å². The molecule has 0 spiro atoms. The molecule has 1 aromatic rings. The van der Waals surface area contributed by atoms with Gasteiger partial charge in [0.1, 0.15) is 10.5 Å². The number of nitrogens with one attached hydrogen (secondary N) is 1. The fourth-order valence-electron chi connectivity index (χ4n) is 2.06. The van der Waals surface area contributed by atoms with Crippen molar-refractivity contribution in [1.29, 1.82) is 0 Å². The molecular weight excluding hydrogens is 286 g/mol. The number of hydrogen-bond acceptors (Lipinski definition) is 4. The first kappa shape index (κ1) is 15.3. The van der Waals surface area contributed by atoms with E-state index in [2.05, 4.69) is 54.4 Å². The van der Waals surface area contributed by atoms with Crippen LogP contribution in [0.2, 0.25) is 0 Å². The van der Waals surface area contributed by atoms with Crippen LogP contribution in [-0.4, -0.2) is 29.8 Å². The highest BCUT2D eigenvalue weighted by Gasteiger charge is 2.30. The topological polar surface area (TPSA) is 27.6 Å². The second kappa shape index (κ2) is 5.74. The van der Waals surface area contributed by atoms with Crippen molar-refractivity contribution in [2.45, 2.75) is 32.1 Å². The van der Waals surface area contributed by atoms with Gasteiger partial charge in [-0.25, -0.2) is 4.99 Å². The summed E-state index contributed by atoms with van der Waals surface area (Å²) in [6, 6.07) is 6.55. The molecule has 1 N–H and O–H groups in total. The van der Waals surface area contributed by atoms with Crippen molar-refractivity contribution in [3.05, 3.63) is 29.3 Å². The third-order valence-electron chi connectivity index (χ3n) is 3.24. The van der Waals surface area contributed by atoms with E-state index < -0.39 is 0 Å². The van der Waals surface area contributed by atoms with Crippen molar-refractivity contribution in [2.24, 2.45) is 4.99 Å². The summed E-state index contributed by atoms with van der Waals surface area (Å²) >= 11 is 7.01. The second-order valence-electron chi connectivity index (χ2n) is 5.75. The summed E-state index contributed by atoms with van der Waals surface area (Å²) < 4.78 is 0. The predicted molar refractivity (Wildman–Crippen MR) is 94.0 cm³/mol. The van der Waals surface area contributed by atoms with Crippen molar-refractivity contribution >= 4 is 39.8 Å². The van der Waals surface area contributed by atoms with Crippen molar-refractivity contribution in [2.75, 3.05) is 19.0 Å². The third-order valence-corrected chi connectivity index (χ3v) is 4.76. The summed E-state index contributed by atoms with van der Waals surface area (Å²) in [5, 5.41) is 4.13. The standard InChI is InChI=1S/C15H21N3S2/c1-10-6-7-12(18(4)5)11(8-10)9-20-14-16-13(19)15(2,3)17-14/h6-8H,9H2,1-5H3,(H,16,17,19). The first-order chi connectivity index (χ1) is 9.29. The molecule has 2 rings (SSSR count). The van der Waals surface area contributed by atoms with Crippen LogP contribution >= 0.6 is 24.0 Å². The predicted octanol–water partition coefficient (Wildman–Crippen LogP) is 3.36. The number of aliphatic imine (C=N–C) groups is 1. The lowest BCUT2D eigenvalue weighted by atomic mass is 10.1. The summed E-state index contributed by atoms with van der Waals surface area (Å²) in [5.74, 6) is 0.889. The molecule has 0 fully saturated rings. The number of anilines is 1. The zero-order valence-corrected chi connectivity index (χ0v) is 14.3. The summed E-state index contributed by atoms with van der Waals surface area (Å²) in [5.41, 5.74) is 3.58. The quantitative estimate of drug-likeness (QED) is 0.867. The van der Waals surface area contributed by atoms with Gasteiger partial charge in [-0.3, -0.25) is 0 Å². The Balaban J connectivity index is 2.12. The van der Waals surface area contributed by atoms with Gasteiger partial charge < -0.3 is 10.2 Å². The maximum atomic E-state index is 5.30. The number of aryl methyl sites for hydroxylation is 1. The van der Waals surface area contributed by atoms with Crippen LogP contribution < -0.4 is 10.2 Å². The van der Waals surface area contributed by atoms with Crippen molar-refractivity contribution in [3.8, 4) is 0 Å².